The summed E-state index contributed by atoms with van der Waals surface area (Å²) in [5.74, 6) is 1.51. The third-order valence-electron chi connectivity index (χ3n) is 5.37. The quantitative estimate of drug-likeness (QED) is 0.510. The fourth-order valence-corrected chi connectivity index (χ4v) is 4.81. The molecular weight excluding hydrogens is 406 g/mol. The van der Waals surface area contributed by atoms with E-state index in [-0.39, 0.29) is 16.8 Å². The van der Waals surface area contributed by atoms with Crippen LogP contribution in [0.5, 0.6) is 0 Å². The van der Waals surface area contributed by atoms with Gasteiger partial charge in [0.05, 0.1) is 11.3 Å². The number of aromatic nitrogens is 8. The number of nitrogens with one attached hydrogen (secondary N) is 1. The van der Waals surface area contributed by atoms with E-state index in [1.165, 1.54) is 6.20 Å². The molecule has 0 saturated carbocycles. The number of fused-ring (bicyclic) bond motifs is 1. The van der Waals surface area contributed by atoms with Gasteiger partial charge >= 0.3 is 0 Å². The highest BCUT2D eigenvalue weighted by Gasteiger charge is 2.29. The maximum absolute atomic E-state index is 12.3. The number of hydrogen-bond donors (Lipinski definition) is 1. The molecule has 5 rings (SSSR count). The molecule has 0 amide bonds. The molecule has 12 heteroatoms. The Hall–Kier alpha value is -3.41. The number of nitrogens with zero attached hydrogens (tertiary/aromatic N) is 8. The van der Waals surface area contributed by atoms with Crippen molar-refractivity contribution in [1.82, 2.24) is 40.2 Å². The highest BCUT2D eigenvalue weighted by Crippen LogP contribution is 2.36. The first-order valence-corrected chi connectivity index (χ1v) is 11.4. The van der Waals surface area contributed by atoms with Crippen molar-refractivity contribution in [3.05, 3.63) is 42.5 Å². The standard InChI is InChI=1S/C18H19N9O2S/c1-30(28,29)18-15(16-21-24-25-22-16)13(5-8-19-18)26-10-6-12(7-11-26)17-23-20-14-4-2-3-9-27(14)17/h2-5,8-9,12H,6-7,10-11H2,1H3,(H,21,22,24,25). The molecule has 30 heavy (non-hydrogen) atoms. The van der Waals surface area contributed by atoms with Crippen molar-refractivity contribution in [3.8, 4) is 11.4 Å². The monoisotopic (exact) mass is 425 g/mol. The van der Waals surface area contributed by atoms with Crippen LogP contribution in [0.3, 0.4) is 0 Å². The highest BCUT2D eigenvalue weighted by molar-refractivity contribution is 7.90. The third kappa shape index (κ3) is 3.18. The first kappa shape index (κ1) is 18.6. The minimum absolute atomic E-state index is 0.0378. The van der Waals surface area contributed by atoms with E-state index < -0.39 is 9.84 Å². The summed E-state index contributed by atoms with van der Waals surface area (Å²) in [6, 6.07) is 7.65. The van der Waals surface area contributed by atoms with Gasteiger partial charge in [0.25, 0.3) is 0 Å². The molecule has 0 atom stereocenters. The zero-order valence-corrected chi connectivity index (χ0v) is 17.0. The predicted molar refractivity (Wildman–Crippen MR) is 108 cm³/mol. The fraction of sp³-hybridized carbons (Fsp3) is 0.333. The van der Waals surface area contributed by atoms with Crippen molar-refractivity contribution >= 4 is 21.2 Å². The van der Waals surface area contributed by atoms with Gasteiger partial charge in [-0.15, -0.1) is 15.3 Å². The molecule has 0 aliphatic carbocycles. The Kier molecular flexibility index (Phi) is 4.42. The molecule has 4 aromatic heterocycles. The topological polar surface area (TPSA) is 135 Å². The van der Waals surface area contributed by atoms with Gasteiger partial charge in [-0.3, -0.25) is 4.40 Å². The molecule has 0 bridgehead atoms. The van der Waals surface area contributed by atoms with Crippen LogP contribution in [0.4, 0.5) is 5.69 Å². The van der Waals surface area contributed by atoms with Gasteiger partial charge in [0.1, 0.15) is 5.82 Å². The second kappa shape index (κ2) is 7.13. The smallest absolute Gasteiger partial charge is 0.193 e. The number of rotatable bonds is 4. The number of aromatic amines is 1. The lowest BCUT2D eigenvalue weighted by Crippen LogP contribution is -2.34. The van der Waals surface area contributed by atoms with Crippen LogP contribution < -0.4 is 4.90 Å². The van der Waals surface area contributed by atoms with E-state index in [1.807, 2.05) is 28.8 Å². The maximum atomic E-state index is 12.3. The van der Waals surface area contributed by atoms with Gasteiger partial charge in [-0.25, -0.2) is 18.5 Å². The Balaban J connectivity index is 1.47. The SMILES string of the molecule is CS(=O)(=O)c1nccc(N2CCC(c3nnc4ccccn34)CC2)c1-c1nnn[nH]1. The average Bonchev–Trinajstić information content (AvgIpc) is 3.43. The van der Waals surface area contributed by atoms with Gasteiger partial charge in [0.2, 0.25) is 0 Å². The van der Waals surface area contributed by atoms with Crippen LogP contribution in [-0.2, 0) is 9.84 Å². The lowest BCUT2D eigenvalue weighted by atomic mass is 9.95. The van der Waals surface area contributed by atoms with Crippen LogP contribution in [0.15, 0.2) is 41.7 Å². The maximum Gasteiger partial charge on any atom is 0.193 e. The van der Waals surface area contributed by atoms with E-state index in [0.29, 0.717) is 5.56 Å². The lowest BCUT2D eigenvalue weighted by molar-refractivity contribution is 0.482. The minimum atomic E-state index is -3.57. The summed E-state index contributed by atoms with van der Waals surface area (Å²) in [5, 5.41) is 22.4. The van der Waals surface area contributed by atoms with Gasteiger partial charge < -0.3 is 4.90 Å². The summed E-state index contributed by atoms with van der Waals surface area (Å²) in [4.78, 5) is 6.25. The van der Waals surface area contributed by atoms with Crippen molar-refractivity contribution < 1.29 is 8.42 Å². The largest absolute Gasteiger partial charge is 0.371 e. The fourth-order valence-electron chi connectivity index (χ4n) is 3.98. The molecule has 1 N–H and O–H groups in total. The van der Waals surface area contributed by atoms with E-state index in [9.17, 15) is 8.42 Å². The van der Waals surface area contributed by atoms with Gasteiger partial charge in [-0.05, 0) is 41.5 Å². The van der Waals surface area contributed by atoms with Gasteiger partial charge in [-0.1, -0.05) is 6.07 Å². The summed E-state index contributed by atoms with van der Waals surface area (Å²) < 4.78 is 26.7. The minimum Gasteiger partial charge on any atom is -0.371 e. The van der Waals surface area contributed by atoms with Crippen LogP contribution in [0, 0.1) is 0 Å². The molecule has 0 spiro atoms. The van der Waals surface area contributed by atoms with Crippen molar-refractivity contribution in [3.63, 3.8) is 0 Å². The number of anilines is 1. The second-order valence-corrected chi connectivity index (χ2v) is 9.21. The third-order valence-corrected chi connectivity index (χ3v) is 6.38. The van der Waals surface area contributed by atoms with Gasteiger partial charge in [-0.2, -0.15) is 0 Å². The van der Waals surface area contributed by atoms with E-state index in [2.05, 4.69) is 40.7 Å². The average molecular weight is 425 g/mol. The van der Waals surface area contributed by atoms with Crippen LogP contribution in [0.25, 0.3) is 17.0 Å². The Bertz CT molecular complexity index is 1290. The summed E-state index contributed by atoms with van der Waals surface area (Å²) in [7, 11) is -3.57. The Morgan fingerprint density at radius 2 is 1.93 bits per heavy atom. The number of piperidine rings is 1. The van der Waals surface area contributed by atoms with E-state index in [0.717, 1.165) is 49.3 Å². The summed E-state index contributed by atoms with van der Waals surface area (Å²) in [6.07, 6.45) is 6.35. The van der Waals surface area contributed by atoms with Crippen LogP contribution in [0.1, 0.15) is 24.6 Å². The summed E-state index contributed by atoms with van der Waals surface area (Å²) in [5.41, 5.74) is 1.98. The molecule has 5 heterocycles. The highest BCUT2D eigenvalue weighted by atomic mass is 32.2. The normalized spacial score (nSPS) is 15.7. The van der Waals surface area contributed by atoms with Gasteiger partial charge in [0.15, 0.2) is 26.3 Å². The molecule has 0 aromatic carbocycles. The van der Waals surface area contributed by atoms with Crippen molar-refractivity contribution in [2.75, 3.05) is 24.2 Å². The van der Waals surface area contributed by atoms with Crippen LogP contribution in [0.2, 0.25) is 0 Å². The Morgan fingerprint density at radius 1 is 1.10 bits per heavy atom. The Labute approximate surface area is 172 Å². The summed E-state index contributed by atoms with van der Waals surface area (Å²) in [6.45, 7) is 1.46. The molecule has 0 radical (unpaired) electrons. The molecule has 1 saturated heterocycles. The number of hydrogen-bond acceptors (Lipinski definition) is 9. The number of tetrazole rings is 1. The summed E-state index contributed by atoms with van der Waals surface area (Å²) >= 11 is 0. The molecule has 1 aliphatic rings. The first-order chi connectivity index (χ1) is 14.5. The van der Waals surface area contributed by atoms with Crippen molar-refractivity contribution in [1.29, 1.82) is 0 Å². The Morgan fingerprint density at radius 3 is 2.67 bits per heavy atom. The lowest BCUT2D eigenvalue weighted by Gasteiger charge is -2.34. The van der Waals surface area contributed by atoms with E-state index >= 15 is 0 Å². The number of H-pyrrole nitrogens is 1. The molecule has 1 aliphatic heterocycles. The van der Waals surface area contributed by atoms with Crippen LogP contribution >= 0.6 is 0 Å². The van der Waals surface area contributed by atoms with Crippen molar-refractivity contribution in [2.45, 2.75) is 23.8 Å². The zero-order valence-electron chi connectivity index (χ0n) is 16.2. The number of sulfone groups is 1. The van der Waals surface area contributed by atoms with Crippen molar-refractivity contribution in [2.24, 2.45) is 0 Å². The molecule has 11 nitrogen and oxygen atoms in total. The van der Waals surface area contributed by atoms with Crippen LogP contribution in [-0.4, -0.2) is 68.0 Å². The predicted octanol–water partition coefficient (Wildman–Crippen LogP) is 1.09. The second-order valence-electron chi connectivity index (χ2n) is 7.28. The first-order valence-electron chi connectivity index (χ1n) is 9.50. The molecule has 4 aromatic rings. The molecule has 154 valence electrons. The van der Waals surface area contributed by atoms with E-state index in [4.69, 9.17) is 0 Å². The van der Waals surface area contributed by atoms with E-state index in [1.54, 1.807) is 6.07 Å². The molecule has 1 fully saturated rings. The van der Waals surface area contributed by atoms with Gasteiger partial charge in [0, 0.05) is 37.7 Å². The molecule has 0 unspecified atom stereocenters. The number of pyridine rings is 2. The zero-order chi connectivity index (χ0) is 20.7. The molecular formula is C18H19N9O2S.